The Labute approximate surface area is 148 Å². The molecule has 1 saturated heterocycles. The summed E-state index contributed by atoms with van der Waals surface area (Å²) in [7, 11) is 0. The van der Waals surface area contributed by atoms with Crippen molar-refractivity contribution in [3.05, 3.63) is 46.5 Å². The molecular weight excluding hydrogens is 341 g/mol. The number of nitrogens with one attached hydrogen (secondary N) is 1. The van der Waals surface area contributed by atoms with Gasteiger partial charge in [0.05, 0.1) is 10.5 Å². The van der Waals surface area contributed by atoms with Crippen molar-refractivity contribution in [2.75, 3.05) is 26.2 Å². The van der Waals surface area contributed by atoms with Crippen LogP contribution in [0.5, 0.6) is 5.75 Å². The number of piperazine rings is 1. The number of halogens is 2. The molecule has 0 unspecified atom stereocenters. The van der Waals surface area contributed by atoms with Crippen molar-refractivity contribution < 1.29 is 10.0 Å². The minimum atomic E-state index is -0.377. The minimum Gasteiger partial charge on any atom is -0.508 e. The first-order valence-electron chi connectivity index (χ1n) is 7.16. The Morgan fingerprint density at radius 2 is 2.04 bits per heavy atom. The number of phenols is 1. The van der Waals surface area contributed by atoms with Crippen molar-refractivity contribution in [3.8, 4) is 5.75 Å². The molecule has 1 fully saturated rings. The molecule has 0 spiro atoms. The standard InChI is InChI=1S/C15H21N3O3.2ClH/c1-2-3-4-14(17-9-7-16-8-10-17)13-11-12(19)5-6-15(13)18(20)21;;/h2,5-6,11,14,16,19H,1,3-4,7-10H2;2*1H/t14-;;/m1../s1. The summed E-state index contributed by atoms with van der Waals surface area (Å²) in [6.45, 7) is 7.16. The van der Waals surface area contributed by atoms with E-state index in [9.17, 15) is 15.2 Å². The Balaban J connectivity index is 0.00000242. The van der Waals surface area contributed by atoms with Crippen LogP contribution in [-0.2, 0) is 0 Å². The van der Waals surface area contributed by atoms with Crippen LogP contribution in [0.15, 0.2) is 30.9 Å². The Bertz CT molecular complexity index is 523. The van der Waals surface area contributed by atoms with Gasteiger partial charge in [0.25, 0.3) is 5.69 Å². The molecule has 0 saturated carbocycles. The van der Waals surface area contributed by atoms with Gasteiger partial charge >= 0.3 is 0 Å². The summed E-state index contributed by atoms with van der Waals surface area (Å²) < 4.78 is 0. The van der Waals surface area contributed by atoms with Gasteiger partial charge in [0.2, 0.25) is 0 Å². The van der Waals surface area contributed by atoms with Gasteiger partial charge in [-0.1, -0.05) is 6.08 Å². The Kier molecular flexibility index (Phi) is 9.83. The molecule has 23 heavy (non-hydrogen) atoms. The maximum atomic E-state index is 11.3. The predicted molar refractivity (Wildman–Crippen MR) is 95.9 cm³/mol. The molecule has 1 aromatic carbocycles. The molecule has 130 valence electrons. The van der Waals surface area contributed by atoms with E-state index < -0.39 is 0 Å². The van der Waals surface area contributed by atoms with E-state index in [0.717, 1.165) is 39.0 Å². The summed E-state index contributed by atoms with van der Waals surface area (Å²) in [5, 5.41) is 24.3. The van der Waals surface area contributed by atoms with Crippen LogP contribution in [0.1, 0.15) is 24.4 Å². The van der Waals surface area contributed by atoms with Crippen LogP contribution in [0.2, 0.25) is 0 Å². The maximum absolute atomic E-state index is 11.3. The lowest BCUT2D eigenvalue weighted by molar-refractivity contribution is -0.386. The van der Waals surface area contributed by atoms with Gasteiger partial charge in [-0.3, -0.25) is 15.0 Å². The largest absolute Gasteiger partial charge is 0.508 e. The van der Waals surface area contributed by atoms with Crippen molar-refractivity contribution in [1.29, 1.82) is 0 Å². The Hall–Kier alpha value is -1.34. The fourth-order valence-electron chi connectivity index (χ4n) is 2.78. The average molecular weight is 364 g/mol. The van der Waals surface area contributed by atoms with E-state index in [4.69, 9.17) is 0 Å². The number of nitro groups is 1. The highest BCUT2D eigenvalue weighted by Crippen LogP contribution is 2.35. The van der Waals surface area contributed by atoms with Gasteiger partial charge in [-0.25, -0.2) is 0 Å². The SMILES string of the molecule is C=CCC[C@H](c1cc(O)ccc1[N+](=O)[O-])N1CCNCC1.Cl.Cl. The summed E-state index contributed by atoms with van der Waals surface area (Å²) in [5.74, 6) is 0.0642. The highest BCUT2D eigenvalue weighted by Gasteiger charge is 2.28. The summed E-state index contributed by atoms with van der Waals surface area (Å²) in [5.41, 5.74) is 0.657. The zero-order valence-corrected chi connectivity index (χ0v) is 14.4. The average Bonchev–Trinajstić information content (AvgIpc) is 2.48. The summed E-state index contributed by atoms with van der Waals surface area (Å²) >= 11 is 0. The summed E-state index contributed by atoms with van der Waals surface area (Å²) in [6.07, 6.45) is 3.36. The second-order valence-corrected chi connectivity index (χ2v) is 5.17. The van der Waals surface area contributed by atoms with Crippen LogP contribution >= 0.6 is 24.8 Å². The highest BCUT2D eigenvalue weighted by molar-refractivity contribution is 5.85. The number of benzene rings is 1. The van der Waals surface area contributed by atoms with Crippen LogP contribution in [0, 0.1) is 10.1 Å². The van der Waals surface area contributed by atoms with E-state index in [1.165, 1.54) is 18.2 Å². The number of rotatable bonds is 6. The van der Waals surface area contributed by atoms with Gasteiger partial charge in [-0.2, -0.15) is 0 Å². The molecule has 0 bridgehead atoms. The Morgan fingerprint density at radius 3 is 2.61 bits per heavy atom. The fourth-order valence-corrected chi connectivity index (χ4v) is 2.78. The fraction of sp³-hybridized carbons (Fsp3) is 0.467. The second-order valence-electron chi connectivity index (χ2n) is 5.17. The molecule has 0 amide bonds. The van der Waals surface area contributed by atoms with Gasteiger partial charge in [0.1, 0.15) is 5.75 Å². The maximum Gasteiger partial charge on any atom is 0.274 e. The van der Waals surface area contributed by atoms with Crippen LogP contribution in [-0.4, -0.2) is 41.1 Å². The molecule has 1 aliphatic heterocycles. The second kappa shape index (κ2) is 10.4. The molecule has 0 aromatic heterocycles. The molecule has 1 atom stereocenters. The van der Waals surface area contributed by atoms with Crippen molar-refractivity contribution in [2.45, 2.75) is 18.9 Å². The number of hydrogen-bond donors (Lipinski definition) is 2. The van der Waals surface area contributed by atoms with Crippen molar-refractivity contribution in [3.63, 3.8) is 0 Å². The van der Waals surface area contributed by atoms with Gasteiger partial charge in [-0.05, 0) is 25.0 Å². The van der Waals surface area contributed by atoms with Crippen LogP contribution in [0.4, 0.5) is 5.69 Å². The monoisotopic (exact) mass is 363 g/mol. The summed E-state index contributed by atoms with van der Waals surface area (Å²) in [6, 6.07) is 4.20. The molecular formula is C15H23Cl2N3O3. The highest BCUT2D eigenvalue weighted by atomic mass is 35.5. The smallest absolute Gasteiger partial charge is 0.274 e. The van der Waals surface area contributed by atoms with Crippen molar-refractivity contribution in [1.82, 2.24) is 10.2 Å². The van der Waals surface area contributed by atoms with Gasteiger partial charge in [0.15, 0.2) is 0 Å². The number of allylic oxidation sites excluding steroid dienone is 1. The van der Waals surface area contributed by atoms with E-state index in [1.54, 1.807) is 0 Å². The van der Waals surface area contributed by atoms with E-state index in [-0.39, 0.29) is 47.2 Å². The number of nitro benzene ring substituents is 1. The third-order valence-corrected chi connectivity index (χ3v) is 3.80. The molecule has 1 aliphatic rings. The zero-order valence-electron chi connectivity index (χ0n) is 12.8. The molecule has 2 N–H and O–H groups in total. The molecule has 1 heterocycles. The number of aromatic hydroxyl groups is 1. The zero-order chi connectivity index (χ0) is 15.2. The molecule has 2 rings (SSSR count). The quantitative estimate of drug-likeness (QED) is 0.461. The van der Waals surface area contributed by atoms with Crippen molar-refractivity contribution in [2.24, 2.45) is 0 Å². The topological polar surface area (TPSA) is 78.6 Å². The molecule has 0 aliphatic carbocycles. The van der Waals surface area contributed by atoms with Crippen LogP contribution in [0.25, 0.3) is 0 Å². The van der Waals surface area contributed by atoms with E-state index in [0.29, 0.717) is 5.56 Å². The number of phenolic OH excluding ortho intramolecular Hbond substituents is 1. The van der Waals surface area contributed by atoms with E-state index in [2.05, 4.69) is 16.8 Å². The van der Waals surface area contributed by atoms with Gasteiger partial charge in [-0.15, -0.1) is 31.4 Å². The van der Waals surface area contributed by atoms with E-state index in [1.807, 2.05) is 6.08 Å². The van der Waals surface area contributed by atoms with Gasteiger partial charge < -0.3 is 10.4 Å². The normalized spacial score (nSPS) is 15.8. The Morgan fingerprint density at radius 1 is 1.39 bits per heavy atom. The van der Waals surface area contributed by atoms with Crippen molar-refractivity contribution >= 4 is 30.5 Å². The third-order valence-electron chi connectivity index (χ3n) is 3.80. The molecule has 6 nitrogen and oxygen atoms in total. The number of nitrogens with zero attached hydrogens (tertiary/aromatic N) is 2. The molecule has 8 heteroatoms. The minimum absolute atomic E-state index is 0. The summed E-state index contributed by atoms with van der Waals surface area (Å²) in [4.78, 5) is 13.1. The van der Waals surface area contributed by atoms with Crippen LogP contribution < -0.4 is 5.32 Å². The third kappa shape index (κ3) is 5.66. The first-order chi connectivity index (χ1) is 10.1. The predicted octanol–water partition coefficient (Wildman–Crippen LogP) is 3.06. The number of hydrogen-bond acceptors (Lipinski definition) is 5. The van der Waals surface area contributed by atoms with E-state index >= 15 is 0 Å². The first kappa shape index (κ1) is 21.7. The molecule has 0 radical (unpaired) electrons. The van der Waals surface area contributed by atoms with Crippen LogP contribution in [0.3, 0.4) is 0 Å². The lowest BCUT2D eigenvalue weighted by Crippen LogP contribution is -2.45. The lowest BCUT2D eigenvalue weighted by Gasteiger charge is -2.35. The first-order valence-corrected chi connectivity index (χ1v) is 7.16. The van der Waals surface area contributed by atoms with Gasteiger partial charge in [0, 0.05) is 38.3 Å². The lowest BCUT2D eigenvalue weighted by atomic mass is 9.97. The molecule has 1 aromatic rings.